The van der Waals surface area contributed by atoms with Gasteiger partial charge in [0, 0.05) is 11.1 Å². The van der Waals surface area contributed by atoms with Crippen molar-refractivity contribution in [3.63, 3.8) is 0 Å². The summed E-state index contributed by atoms with van der Waals surface area (Å²) in [6.07, 6.45) is 0. The number of rotatable bonds is 2. The first-order valence-corrected chi connectivity index (χ1v) is 6.38. The second kappa shape index (κ2) is 5.34. The molecular formula is C14H9N3OS. The van der Waals surface area contributed by atoms with Crippen molar-refractivity contribution in [3.05, 3.63) is 51.2 Å². The summed E-state index contributed by atoms with van der Waals surface area (Å²) in [4.78, 5) is 12.0. The Hall–Kier alpha value is -2.63. The molecule has 0 aliphatic carbocycles. The van der Waals surface area contributed by atoms with Gasteiger partial charge in [-0.3, -0.25) is 4.79 Å². The van der Waals surface area contributed by atoms with E-state index in [-0.39, 0.29) is 11.5 Å². The summed E-state index contributed by atoms with van der Waals surface area (Å²) in [7, 11) is 0. The van der Waals surface area contributed by atoms with Gasteiger partial charge >= 0.3 is 0 Å². The van der Waals surface area contributed by atoms with Crippen LogP contribution in [0.15, 0.2) is 29.0 Å². The minimum atomic E-state index is -0.215. The molecule has 0 saturated heterocycles. The number of anilines is 1. The fourth-order valence-electron chi connectivity index (χ4n) is 1.60. The van der Waals surface area contributed by atoms with E-state index in [2.05, 4.69) is 5.32 Å². The Morgan fingerprint density at radius 2 is 1.95 bits per heavy atom. The zero-order valence-corrected chi connectivity index (χ0v) is 10.9. The summed E-state index contributed by atoms with van der Waals surface area (Å²) in [5.41, 5.74) is 2.59. The third-order valence-electron chi connectivity index (χ3n) is 2.62. The third kappa shape index (κ3) is 2.62. The average Bonchev–Trinajstić information content (AvgIpc) is 2.85. The van der Waals surface area contributed by atoms with Crippen molar-refractivity contribution >= 4 is 22.9 Å². The van der Waals surface area contributed by atoms with Crippen molar-refractivity contribution in [2.75, 3.05) is 5.32 Å². The van der Waals surface area contributed by atoms with Gasteiger partial charge in [0.2, 0.25) is 0 Å². The molecule has 0 radical (unpaired) electrons. The summed E-state index contributed by atoms with van der Waals surface area (Å²) in [5, 5.41) is 24.1. The smallest absolute Gasteiger partial charge is 0.256 e. The van der Waals surface area contributed by atoms with E-state index in [0.717, 1.165) is 5.56 Å². The number of nitrogens with one attached hydrogen (secondary N) is 1. The highest BCUT2D eigenvalue weighted by Gasteiger charge is 2.11. The van der Waals surface area contributed by atoms with Gasteiger partial charge in [-0.25, -0.2) is 0 Å². The maximum Gasteiger partial charge on any atom is 0.256 e. The molecule has 5 heteroatoms. The Bertz CT molecular complexity index is 719. The highest BCUT2D eigenvalue weighted by molar-refractivity contribution is 7.08. The van der Waals surface area contributed by atoms with Crippen LogP contribution in [0.25, 0.3) is 0 Å². The van der Waals surface area contributed by atoms with Crippen molar-refractivity contribution in [1.82, 2.24) is 0 Å². The van der Waals surface area contributed by atoms with Crippen LogP contribution in [0.2, 0.25) is 0 Å². The Morgan fingerprint density at radius 1 is 1.21 bits per heavy atom. The Morgan fingerprint density at radius 3 is 2.53 bits per heavy atom. The molecule has 2 aromatic rings. The molecule has 1 amide bonds. The van der Waals surface area contributed by atoms with Gasteiger partial charge in [0.15, 0.2) is 0 Å². The molecule has 0 fully saturated rings. The van der Waals surface area contributed by atoms with Crippen LogP contribution in [-0.2, 0) is 0 Å². The van der Waals surface area contributed by atoms with Crippen LogP contribution in [0.1, 0.15) is 27.0 Å². The topological polar surface area (TPSA) is 76.7 Å². The van der Waals surface area contributed by atoms with Crippen LogP contribution in [0.4, 0.5) is 5.69 Å². The van der Waals surface area contributed by atoms with Gasteiger partial charge in [0.25, 0.3) is 5.91 Å². The van der Waals surface area contributed by atoms with Gasteiger partial charge < -0.3 is 5.32 Å². The normalized spacial score (nSPS) is 9.42. The third-order valence-corrected chi connectivity index (χ3v) is 3.48. The number of hydrogen-bond acceptors (Lipinski definition) is 4. The molecule has 0 bridgehead atoms. The molecule has 0 saturated carbocycles. The molecule has 1 heterocycles. The number of carbonyl (C=O) groups excluding carboxylic acids is 1. The van der Waals surface area contributed by atoms with Crippen LogP contribution < -0.4 is 5.32 Å². The number of hydrogen-bond donors (Lipinski definition) is 1. The lowest BCUT2D eigenvalue weighted by Crippen LogP contribution is -2.12. The van der Waals surface area contributed by atoms with E-state index in [9.17, 15) is 4.79 Å². The number of amides is 1. The van der Waals surface area contributed by atoms with Crippen LogP contribution in [0, 0.1) is 29.6 Å². The van der Waals surface area contributed by atoms with Crippen molar-refractivity contribution in [2.24, 2.45) is 0 Å². The molecule has 4 nitrogen and oxygen atoms in total. The monoisotopic (exact) mass is 267 g/mol. The first-order chi connectivity index (χ1) is 9.15. The molecule has 2 rings (SSSR count). The van der Waals surface area contributed by atoms with Crippen molar-refractivity contribution < 1.29 is 4.79 Å². The summed E-state index contributed by atoms with van der Waals surface area (Å²) < 4.78 is 0. The van der Waals surface area contributed by atoms with Gasteiger partial charge in [-0.1, -0.05) is 0 Å². The van der Waals surface area contributed by atoms with Crippen LogP contribution in [-0.4, -0.2) is 5.91 Å². The van der Waals surface area contributed by atoms with E-state index in [1.54, 1.807) is 11.4 Å². The van der Waals surface area contributed by atoms with Gasteiger partial charge in [0.1, 0.15) is 12.1 Å². The van der Waals surface area contributed by atoms with Gasteiger partial charge in [-0.15, -0.1) is 0 Å². The molecule has 0 aliphatic rings. The summed E-state index contributed by atoms with van der Waals surface area (Å²) in [6, 6.07) is 8.50. The Labute approximate surface area is 114 Å². The van der Waals surface area contributed by atoms with Crippen molar-refractivity contribution in [2.45, 2.75) is 6.92 Å². The van der Waals surface area contributed by atoms with E-state index < -0.39 is 0 Å². The van der Waals surface area contributed by atoms with Crippen molar-refractivity contribution in [1.29, 1.82) is 10.5 Å². The SMILES string of the molecule is Cc1cscc1C(=O)Nc1ccc(C#N)c(C#N)c1. The largest absolute Gasteiger partial charge is 0.322 e. The molecule has 1 aromatic heterocycles. The fourth-order valence-corrected chi connectivity index (χ4v) is 2.43. The number of carbonyl (C=O) groups is 1. The number of nitrogens with zero attached hydrogens (tertiary/aromatic N) is 2. The zero-order valence-electron chi connectivity index (χ0n) is 10.1. The quantitative estimate of drug-likeness (QED) is 0.908. The highest BCUT2D eigenvalue weighted by Crippen LogP contribution is 2.18. The summed E-state index contributed by atoms with van der Waals surface area (Å²) in [6.45, 7) is 1.87. The lowest BCUT2D eigenvalue weighted by atomic mass is 10.1. The summed E-state index contributed by atoms with van der Waals surface area (Å²) in [5.74, 6) is -0.215. The van der Waals surface area contributed by atoms with E-state index in [1.807, 2.05) is 24.4 Å². The van der Waals surface area contributed by atoms with Crippen LogP contribution in [0.3, 0.4) is 0 Å². The molecule has 0 atom stereocenters. The number of aryl methyl sites for hydroxylation is 1. The number of nitriles is 2. The minimum absolute atomic E-state index is 0.215. The Kier molecular flexibility index (Phi) is 3.61. The summed E-state index contributed by atoms with van der Waals surface area (Å²) >= 11 is 1.46. The first-order valence-electron chi connectivity index (χ1n) is 5.44. The minimum Gasteiger partial charge on any atom is -0.322 e. The molecule has 0 unspecified atom stereocenters. The second-order valence-corrected chi connectivity index (χ2v) is 4.65. The average molecular weight is 267 g/mol. The van der Waals surface area contributed by atoms with E-state index >= 15 is 0 Å². The van der Waals surface area contributed by atoms with Crippen LogP contribution in [0.5, 0.6) is 0 Å². The van der Waals surface area contributed by atoms with E-state index in [1.165, 1.54) is 23.5 Å². The lowest BCUT2D eigenvalue weighted by molar-refractivity contribution is 0.102. The lowest BCUT2D eigenvalue weighted by Gasteiger charge is -2.05. The Balaban J connectivity index is 2.26. The number of benzene rings is 1. The fraction of sp³-hybridized carbons (Fsp3) is 0.0714. The zero-order chi connectivity index (χ0) is 13.8. The molecule has 92 valence electrons. The second-order valence-electron chi connectivity index (χ2n) is 3.91. The standard InChI is InChI=1S/C14H9N3OS/c1-9-7-19-8-13(9)14(18)17-12-3-2-10(5-15)11(4-12)6-16/h2-4,7-8H,1H3,(H,17,18). The molecule has 1 aromatic carbocycles. The predicted octanol–water partition coefficient (Wildman–Crippen LogP) is 3.05. The van der Waals surface area contributed by atoms with Gasteiger partial charge in [-0.05, 0) is 36.1 Å². The molecule has 0 spiro atoms. The maximum absolute atomic E-state index is 12.0. The van der Waals surface area contributed by atoms with E-state index in [0.29, 0.717) is 16.8 Å². The number of thiophene rings is 1. The van der Waals surface area contributed by atoms with Gasteiger partial charge in [-0.2, -0.15) is 21.9 Å². The molecule has 1 N–H and O–H groups in total. The highest BCUT2D eigenvalue weighted by atomic mass is 32.1. The maximum atomic E-state index is 12.0. The predicted molar refractivity (Wildman–Crippen MR) is 72.9 cm³/mol. The molecule has 19 heavy (non-hydrogen) atoms. The molecular weight excluding hydrogens is 258 g/mol. The van der Waals surface area contributed by atoms with Crippen LogP contribution >= 0.6 is 11.3 Å². The van der Waals surface area contributed by atoms with Crippen molar-refractivity contribution in [3.8, 4) is 12.1 Å². The first kappa shape index (κ1) is 12.8. The molecule has 0 aliphatic heterocycles. The van der Waals surface area contributed by atoms with E-state index in [4.69, 9.17) is 10.5 Å². The van der Waals surface area contributed by atoms with Gasteiger partial charge in [0.05, 0.1) is 16.7 Å².